The van der Waals surface area contributed by atoms with Crippen LogP contribution in [0.25, 0.3) is 17.2 Å². The minimum atomic E-state index is -0.412. The van der Waals surface area contributed by atoms with Gasteiger partial charge in [0.1, 0.15) is 5.02 Å². The van der Waals surface area contributed by atoms with Crippen molar-refractivity contribution in [1.29, 1.82) is 0 Å². The Morgan fingerprint density at radius 3 is 2.25 bits per heavy atom. The number of hydrogen-bond acceptors (Lipinski definition) is 6. The normalized spacial score (nSPS) is 10.9. The molecule has 3 rings (SSSR count). The smallest absolute Gasteiger partial charge is 0.293 e. The standard InChI is InChI=1S/C15H15ClN4O4/c1-7-11(16)14(21)20-15(17-7)18-13(19-20)8-5-9(22-2)12(24-4)10(6-8)23-3/h5-6H,1-4H3,(H,17,18,19). The number of benzene rings is 1. The Balaban J connectivity index is 2.24. The molecule has 0 fully saturated rings. The van der Waals surface area contributed by atoms with Crippen molar-refractivity contribution < 1.29 is 14.2 Å². The number of aromatic nitrogens is 4. The summed E-state index contributed by atoms with van der Waals surface area (Å²) in [5.41, 5.74) is 0.651. The van der Waals surface area contributed by atoms with E-state index in [0.29, 0.717) is 34.3 Å². The van der Waals surface area contributed by atoms with Crippen LogP contribution < -0.4 is 19.8 Å². The van der Waals surface area contributed by atoms with Crippen LogP contribution in [0.4, 0.5) is 0 Å². The molecule has 0 aliphatic rings. The van der Waals surface area contributed by atoms with E-state index in [9.17, 15) is 4.79 Å². The van der Waals surface area contributed by atoms with E-state index in [1.165, 1.54) is 25.8 Å². The molecule has 0 atom stereocenters. The molecule has 3 aromatic rings. The van der Waals surface area contributed by atoms with Crippen LogP contribution in [0.2, 0.25) is 5.02 Å². The Morgan fingerprint density at radius 1 is 1.08 bits per heavy atom. The minimum absolute atomic E-state index is 0.0487. The van der Waals surface area contributed by atoms with Crippen molar-refractivity contribution in [2.45, 2.75) is 6.92 Å². The first-order valence-electron chi connectivity index (χ1n) is 6.95. The summed E-state index contributed by atoms with van der Waals surface area (Å²) in [6.07, 6.45) is 0. The predicted octanol–water partition coefficient (Wildman–Crippen LogP) is 2.07. The SMILES string of the molecule is COc1cc(-c2nc3nc(C)c(Cl)c(=O)n3[nH]2)cc(OC)c1OC. The molecule has 2 heterocycles. The maximum Gasteiger partial charge on any atom is 0.293 e. The molecular formula is C15H15ClN4O4. The highest BCUT2D eigenvalue weighted by atomic mass is 35.5. The number of nitrogens with one attached hydrogen (secondary N) is 1. The van der Waals surface area contributed by atoms with Crippen molar-refractivity contribution in [3.05, 3.63) is 33.2 Å². The van der Waals surface area contributed by atoms with Gasteiger partial charge in [-0.15, -0.1) is 0 Å². The van der Waals surface area contributed by atoms with E-state index in [1.807, 2.05) is 0 Å². The topological polar surface area (TPSA) is 90.7 Å². The molecule has 0 spiro atoms. The van der Waals surface area contributed by atoms with Gasteiger partial charge in [-0.1, -0.05) is 11.6 Å². The summed E-state index contributed by atoms with van der Waals surface area (Å²) >= 11 is 5.95. The summed E-state index contributed by atoms with van der Waals surface area (Å²) in [4.78, 5) is 20.7. The second kappa shape index (κ2) is 6.04. The summed E-state index contributed by atoms with van der Waals surface area (Å²) in [7, 11) is 4.57. The molecule has 24 heavy (non-hydrogen) atoms. The van der Waals surface area contributed by atoms with Gasteiger partial charge in [0, 0.05) is 5.56 Å². The molecule has 0 amide bonds. The zero-order valence-electron chi connectivity index (χ0n) is 13.5. The fourth-order valence-corrected chi connectivity index (χ4v) is 2.47. The van der Waals surface area contributed by atoms with Crippen LogP contribution in [-0.2, 0) is 0 Å². The lowest BCUT2D eigenvalue weighted by Crippen LogP contribution is -2.17. The summed E-state index contributed by atoms with van der Waals surface area (Å²) in [6, 6.07) is 3.44. The van der Waals surface area contributed by atoms with Gasteiger partial charge in [0.05, 0.1) is 27.0 Å². The minimum Gasteiger partial charge on any atom is -0.493 e. The monoisotopic (exact) mass is 350 g/mol. The zero-order chi connectivity index (χ0) is 17.4. The fourth-order valence-electron chi connectivity index (χ4n) is 2.35. The van der Waals surface area contributed by atoms with Crippen LogP contribution in [0.15, 0.2) is 16.9 Å². The molecule has 0 unspecified atom stereocenters. The third kappa shape index (κ3) is 2.44. The van der Waals surface area contributed by atoms with Crippen molar-refractivity contribution in [2.24, 2.45) is 0 Å². The van der Waals surface area contributed by atoms with E-state index in [2.05, 4.69) is 15.1 Å². The van der Waals surface area contributed by atoms with Gasteiger partial charge in [-0.05, 0) is 19.1 Å². The average Bonchev–Trinajstić information content (AvgIpc) is 3.02. The Bertz CT molecular complexity index is 954. The van der Waals surface area contributed by atoms with E-state index < -0.39 is 5.56 Å². The number of nitrogens with zero attached hydrogens (tertiary/aromatic N) is 3. The summed E-state index contributed by atoms with van der Waals surface area (Å²) in [5.74, 6) is 2.06. The maximum absolute atomic E-state index is 12.2. The summed E-state index contributed by atoms with van der Waals surface area (Å²) in [5, 5.41) is 2.93. The van der Waals surface area contributed by atoms with Gasteiger partial charge in [-0.3, -0.25) is 9.89 Å². The van der Waals surface area contributed by atoms with Gasteiger partial charge in [0.15, 0.2) is 17.3 Å². The number of rotatable bonds is 4. The van der Waals surface area contributed by atoms with Crippen molar-refractivity contribution in [3.8, 4) is 28.6 Å². The first-order valence-corrected chi connectivity index (χ1v) is 7.33. The predicted molar refractivity (Wildman–Crippen MR) is 88.4 cm³/mol. The first kappa shape index (κ1) is 16.1. The molecule has 2 aromatic heterocycles. The highest BCUT2D eigenvalue weighted by molar-refractivity contribution is 6.31. The molecule has 8 nitrogen and oxygen atoms in total. The molecule has 0 aliphatic heterocycles. The Labute approximate surface area is 141 Å². The molecule has 0 bridgehead atoms. The third-order valence-electron chi connectivity index (χ3n) is 3.54. The Kier molecular flexibility index (Phi) is 4.06. The van der Waals surface area contributed by atoms with Crippen molar-refractivity contribution >= 4 is 17.4 Å². The van der Waals surface area contributed by atoms with Crippen LogP contribution in [0, 0.1) is 6.92 Å². The van der Waals surface area contributed by atoms with E-state index in [0.717, 1.165) is 0 Å². The molecule has 1 aromatic carbocycles. The summed E-state index contributed by atoms with van der Waals surface area (Å²) in [6.45, 7) is 1.65. The number of aromatic amines is 1. The average molecular weight is 351 g/mol. The van der Waals surface area contributed by atoms with Gasteiger partial charge in [-0.2, -0.15) is 9.50 Å². The van der Waals surface area contributed by atoms with Gasteiger partial charge in [0.25, 0.3) is 11.3 Å². The van der Waals surface area contributed by atoms with Gasteiger partial charge in [-0.25, -0.2) is 4.98 Å². The van der Waals surface area contributed by atoms with Crippen LogP contribution in [-0.4, -0.2) is 40.9 Å². The number of halogens is 1. The largest absolute Gasteiger partial charge is 0.493 e. The van der Waals surface area contributed by atoms with E-state index >= 15 is 0 Å². The number of fused-ring (bicyclic) bond motifs is 1. The van der Waals surface area contributed by atoms with Crippen molar-refractivity contribution in [2.75, 3.05) is 21.3 Å². The number of hydrogen-bond donors (Lipinski definition) is 1. The highest BCUT2D eigenvalue weighted by Crippen LogP contribution is 2.40. The first-order chi connectivity index (χ1) is 11.5. The van der Waals surface area contributed by atoms with Gasteiger partial charge >= 0.3 is 0 Å². The highest BCUT2D eigenvalue weighted by Gasteiger charge is 2.17. The van der Waals surface area contributed by atoms with Gasteiger partial charge in [0.2, 0.25) is 5.75 Å². The lowest BCUT2D eigenvalue weighted by atomic mass is 10.1. The quantitative estimate of drug-likeness (QED) is 0.774. The fraction of sp³-hybridized carbons (Fsp3) is 0.267. The lowest BCUT2D eigenvalue weighted by Gasteiger charge is -2.13. The van der Waals surface area contributed by atoms with Crippen molar-refractivity contribution in [3.63, 3.8) is 0 Å². The van der Waals surface area contributed by atoms with Crippen LogP contribution in [0.1, 0.15) is 5.69 Å². The lowest BCUT2D eigenvalue weighted by molar-refractivity contribution is 0.324. The van der Waals surface area contributed by atoms with E-state index in [1.54, 1.807) is 19.1 Å². The number of methoxy groups -OCH3 is 3. The maximum atomic E-state index is 12.2. The Morgan fingerprint density at radius 2 is 1.71 bits per heavy atom. The second-order valence-electron chi connectivity index (χ2n) is 4.94. The zero-order valence-corrected chi connectivity index (χ0v) is 14.3. The Hall–Kier alpha value is -2.74. The third-order valence-corrected chi connectivity index (χ3v) is 3.98. The molecule has 0 saturated heterocycles. The number of ether oxygens (including phenoxy) is 3. The number of H-pyrrole nitrogens is 1. The van der Waals surface area contributed by atoms with Crippen LogP contribution in [0.5, 0.6) is 17.2 Å². The van der Waals surface area contributed by atoms with Crippen LogP contribution in [0.3, 0.4) is 0 Å². The molecule has 1 N–H and O–H groups in total. The number of aryl methyl sites for hydroxylation is 1. The second-order valence-corrected chi connectivity index (χ2v) is 5.32. The molecular weight excluding hydrogens is 336 g/mol. The van der Waals surface area contributed by atoms with Gasteiger partial charge < -0.3 is 14.2 Å². The van der Waals surface area contributed by atoms with Crippen LogP contribution >= 0.6 is 11.6 Å². The van der Waals surface area contributed by atoms with E-state index in [-0.39, 0.29) is 10.8 Å². The molecule has 0 saturated carbocycles. The molecule has 126 valence electrons. The molecule has 0 radical (unpaired) electrons. The van der Waals surface area contributed by atoms with Crippen molar-refractivity contribution in [1.82, 2.24) is 19.6 Å². The summed E-state index contributed by atoms with van der Waals surface area (Å²) < 4.78 is 17.1. The van der Waals surface area contributed by atoms with E-state index in [4.69, 9.17) is 25.8 Å². The molecule has 9 heteroatoms. The molecule has 0 aliphatic carbocycles.